The second-order valence-electron chi connectivity index (χ2n) is 9.60. The van der Waals surface area contributed by atoms with Crippen molar-refractivity contribution in [1.29, 1.82) is 0 Å². The number of nitrogens with zero attached hydrogens (tertiary/aromatic N) is 2. The average molecular weight is 556 g/mol. The number of unbranched alkanes of at least 4 members (excludes halogenated alkanes) is 1. The Kier molecular flexibility index (Phi) is 14.0. The largest absolute Gasteiger partial charge is 0.434 e. The van der Waals surface area contributed by atoms with Gasteiger partial charge in [-0.25, -0.2) is 4.79 Å². The van der Waals surface area contributed by atoms with Gasteiger partial charge in [-0.1, -0.05) is 54.6 Å². The number of rotatable bonds is 15. The molecule has 40 heavy (non-hydrogen) atoms. The van der Waals surface area contributed by atoms with Crippen molar-refractivity contribution in [2.45, 2.75) is 32.1 Å². The smallest absolute Gasteiger partial charge is 0.382 e. The van der Waals surface area contributed by atoms with Gasteiger partial charge in [0.15, 0.2) is 0 Å². The van der Waals surface area contributed by atoms with E-state index in [1.54, 1.807) is 12.0 Å². The number of nitrogens with one attached hydrogen (secondary N) is 1. The van der Waals surface area contributed by atoms with Crippen molar-refractivity contribution in [3.05, 3.63) is 71.3 Å². The lowest BCUT2D eigenvalue weighted by molar-refractivity contribution is -0.138. The summed E-state index contributed by atoms with van der Waals surface area (Å²) in [5, 5.41) is 0. The SMILES string of the molecule is COCCOCCOCC(=O)N1CCN(C(=O)ONC(=O)Cc2ccc(CCCCc3ccccc3)cc2)CC1. The normalized spacial score (nSPS) is 13.2. The number of amides is 3. The van der Waals surface area contributed by atoms with Gasteiger partial charge in [0, 0.05) is 33.3 Å². The average Bonchev–Trinajstić information content (AvgIpc) is 2.99. The van der Waals surface area contributed by atoms with Crippen LogP contribution in [0, 0.1) is 0 Å². The Hall–Kier alpha value is -3.47. The molecule has 0 radical (unpaired) electrons. The molecular weight excluding hydrogens is 514 g/mol. The fourth-order valence-corrected chi connectivity index (χ4v) is 4.26. The van der Waals surface area contributed by atoms with Crippen LogP contribution in [0.1, 0.15) is 29.5 Å². The highest BCUT2D eigenvalue weighted by molar-refractivity contribution is 5.80. The number of hydrogen-bond acceptors (Lipinski definition) is 7. The van der Waals surface area contributed by atoms with Gasteiger partial charge >= 0.3 is 6.09 Å². The van der Waals surface area contributed by atoms with Crippen molar-refractivity contribution in [1.82, 2.24) is 15.3 Å². The molecule has 1 fully saturated rings. The second kappa shape index (κ2) is 18.0. The number of hydrogen-bond donors (Lipinski definition) is 1. The highest BCUT2D eigenvalue weighted by atomic mass is 16.7. The van der Waals surface area contributed by atoms with Gasteiger partial charge in [-0.15, -0.1) is 0 Å². The predicted molar refractivity (Wildman–Crippen MR) is 150 cm³/mol. The predicted octanol–water partition coefficient (Wildman–Crippen LogP) is 2.79. The number of hydroxylamine groups is 1. The molecule has 0 saturated carbocycles. The zero-order valence-electron chi connectivity index (χ0n) is 23.3. The molecule has 1 saturated heterocycles. The molecule has 10 heteroatoms. The van der Waals surface area contributed by atoms with Gasteiger partial charge in [0.2, 0.25) is 5.91 Å². The van der Waals surface area contributed by atoms with Crippen LogP contribution < -0.4 is 5.48 Å². The molecule has 3 amide bonds. The van der Waals surface area contributed by atoms with E-state index in [0.29, 0.717) is 52.6 Å². The van der Waals surface area contributed by atoms with Gasteiger partial charge in [0.25, 0.3) is 5.91 Å². The molecular formula is C30H41N3O7. The quantitative estimate of drug-likeness (QED) is 0.266. The Balaban J connectivity index is 1.25. The summed E-state index contributed by atoms with van der Waals surface area (Å²) in [6, 6.07) is 18.4. The van der Waals surface area contributed by atoms with Gasteiger partial charge in [0.1, 0.15) is 6.61 Å². The monoisotopic (exact) mass is 555 g/mol. The van der Waals surface area contributed by atoms with Gasteiger partial charge in [-0.05, 0) is 42.4 Å². The molecule has 2 aromatic carbocycles. The fraction of sp³-hybridized carbons (Fsp3) is 0.500. The van der Waals surface area contributed by atoms with Crippen LogP contribution in [-0.2, 0) is 47.9 Å². The van der Waals surface area contributed by atoms with Crippen LogP contribution >= 0.6 is 0 Å². The lowest BCUT2D eigenvalue weighted by Crippen LogP contribution is -2.52. The van der Waals surface area contributed by atoms with E-state index in [0.717, 1.165) is 31.2 Å². The molecule has 0 unspecified atom stereocenters. The minimum Gasteiger partial charge on any atom is -0.382 e. The van der Waals surface area contributed by atoms with Crippen molar-refractivity contribution >= 4 is 17.9 Å². The Morgan fingerprint density at radius 3 is 1.98 bits per heavy atom. The molecule has 0 bridgehead atoms. The third-order valence-corrected chi connectivity index (χ3v) is 6.58. The van der Waals surface area contributed by atoms with Gasteiger partial charge in [-0.2, -0.15) is 5.48 Å². The molecule has 0 spiro atoms. The fourth-order valence-electron chi connectivity index (χ4n) is 4.26. The molecule has 1 aliphatic rings. The van der Waals surface area contributed by atoms with Crippen LogP contribution in [0.4, 0.5) is 4.79 Å². The molecule has 10 nitrogen and oxygen atoms in total. The summed E-state index contributed by atoms with van der Waals surface area (Å²) in [6.45, 7) is 3.03. The number of benzene rings is 2. The Morgan fingerprint density at radius 2 is 1.30 bits per heavy atom. The lowest BCUT2D eigenvalue weighted by atomic mass is 10.0. The summed E-state index contributed by atoms with van der Waals surface area (Å²) < 4.78 is 15.5. The van der Waals surface area contributed by atoms with Crippen LogP contribution in [0.3, 0.4) is 0 Å². The van der Waals surface area contributed by atoms with Crippen LogP contribution in [0.25, 0.3) is 0 Å². The van der Waals surface area contributed by atoms with E-state index in [9.17, 15) is 14.4 Å². The van der Waals surface area contributed by atoms with E-state index in [1.165, 1.54) is 16.0 Å². The Morgan fingerprint density at radius 1 is 0.725 bits per heavy atom. The van der Waals surface area contributed by atoms with Crippen molar-refractivity contribution in [3.63, 3.8) is 0 Å². The van der Waals surface area contributed by atoms with Crippen molar-refractivity contribution < 1.29 is 33.4 Å². The maximum Gasteiger partial charge on any atom is 0.434 e. The van der Waals surface area contributed by atoms with E-state index in [1.807, 2.05) is 30.3 Å². The van der Waals surface area contributed by atoms with E-state index in [2.05, 4.69) is 29.7 Å². The summed E-state index contributed by atoms with van der Waals surface area (Å²) in [6.07, 6.45) is 3.77. The third-order valence-electron chi connectivity index (χ3n) is 6.58. The molecule has 3 rings (SSSR count). The van der Waals surface area contributed by atoms with Gasteiger partial charge < -0.3 is 28.8 Å². The van der Waals surface area contributed by atoms with Crippen LogP contribution in [-0.4, -0.2) is 94.0 Å². The number of carbonyl (C=O) groups is 3. The maximum absolute atomic E-state index is 12.3. The third kappa shape index (κ3) is 11.7. The van der Waals surface area contributed by atoms with Crippen molar-refractivity contribution in [2.24, 2.45) is 0 Å². The molecule has 2 aromatic rings. The number of methoxy groups -OCH3 is 1. The first-order valence-corrected chi connectivity index (χ1v) is 13.8. The van der Waals surface area contributed by atoms with Gasteiger partial charge in [0.05, 0.1) is 32.8 Å². The first kappa shape index (κ1) is 31.1. The summed E-state index contributed by atoms with van der Waals surface area (Å²) >= 11 is 0. The molecule has 0 atom stereocenters. The Bertz CT molecular complexity index is 1030. The molecule has 1 heterocycles. The Labute approximate surface area is 236 Å². The number of aryl methyl sites for hydroxylation is 2. The molecule has 0 aliphatic carbocycles. The number of ether oxygens (including phenoxy) is 3. The minimum absolute atomic E-state index is 0.0383. The zero-order valence-corrected chi connectivity index (χ0v) is 23.3. The van der Waals surface area contributed by atoms with E-state index < -0.39 is 12.0 Å². The maximum atomic E-state index is 12.3. The first-order chi connectivity index (χ1) is 19.5. The summed E-state index contributed by atoms with van der Waals surface area (Å²) in [4.78, 5) is 45.0. The number of carbonyl (C=O) groups excluding carboxylic acids is 3. The van der Waals surface area contributed by atoms with E-state index in [4.69, 9.17) is 19.0 Å². The molecule has 218 valence electrons. The second-order valence-corrected chi connectivity index (χ2v) is 9.60. The highest BCUT2D eigenvalue weighted by Gasteiger charge is 2.25. The standard InChI is InChI=1S/C30H41N3O7/c1-37-19-20-38-21-22-39-24-29(35)32-15-17-33(18-16-32)30(36)40-31-28(34)23-27-13-11-26(12-14-27)10-6-5-9-25-7-3-2-4-8-25/h2-4,7-8,11-14H,5-6,9-10,15-24H2,1H3,(H,31,34). The summed E-state index contributed by atoms with van der Waals surface area (Å²) in [5.41, 5.74) is 5.68. The van der Waals surface area contributed by atoms with Crippen LogP contribution in [0.15, 0.2) is 54.6 Å². The van der Waals surface area contributed by atoms with Crippen LogP contribution in [0.5, 0.6) is 0 Å². The van der Waals surface area contributed by atoms with Crippen molar-refractivity contribution in [2.75, 3.05) is 66.3 Å². The van der Waals surface area contributed by atoms with Gasteiger partial charge in [-0.3, -0.25) is 9.59 Å². The molecule has 1 aliphatic heterocycles. The minimum atomic E-state index is -0.643. The first-order valence-electron chi connectivity index (χ1n) is 13.8. The molecule has 0 aromatic heterocycles. The topological polar surface area (TPSA) is 107 Å². The zero-order chi connectivity index (χ0) is 28.4. The molecule has 1 N–H and O–H groups in total. The van der Waals surface area contributed by atoms with Crippen molar-refractivity contribution in [3.8, 4) is 0 Å². The summed E-state index contributed by atoms with van der Waals surface area (Å²) in [5.74, 6) is -0.544. The summed E-state index contributed by atoms with van der Waals surface area (Å²) in [7, 11) is 1.60. The highest BCUT2D eigenvalue weighted by Crippen LogP contribution is 2.11. The lowest BCUT2D eigenvalue weighted by Gasteiger charge is -2.33. The number of piperazine rings is 1. The van der Waals surface area contributed by atoms with E-state index >= 15 is 0 Å². The van der Waals surface area contributed by atoms with E-state index in [-0.39, 0.29) is 18.9 Å². The van der Waals surface area contributed by atoms with Crippen LogP contribution in [0.2, 0.25) is 0 Å².